The number of nitrogens with one attached hydrogen (secondary N) is 1. The van der Waals surface area contributed by atoms with Crippen molar-refractivity contribution in [2.24, 2.45) is 0 Å². The van der Waals surface area contributed by atoms with Gasteiger partial charge in [-0.05, 0) is 30.3 Å². The van der Waals surface area contributed by atoms with Gasteiger partial charge in [0, 0.05) is 5.69 Å². The van der Waals surface area contributed by atoms with Crippen molar-refractivity contribution in [3.63, 3.8) is 0 Å². The minimum absolute atomic E-state index is 0.131. The van der Waals surface area contributed by atoms with Crippen molar-refractivity contribution >= 4 is 11.7 Å². The van der Waals surface area contributed by atoms with Gasteiger partial charge in [-0.25, -0.2) is 4.79 Å². The molecule has 18 heavy (non-hydrogen) atoms. The number of nitrogens with zero attached hydrogens (tertiary/aromatic N) is 1. The molecule has 0 saturated carbocycles. The molecule has 2 aromatic rings. The van der Waals surface area contributed by atoms with E-state index < -0.39 is 5.97 Å². The number of benzene rings is 1. The predicted molar refractivity (Wildman–Crippen MR) is 64.2 cm³/mol. The lowest BCUT2D eigenvalue weighted by molar-refractivity contribution is 0.0696. The van der Waals surface area contributed by atoms with Crippen LogP contribution in [0.2, 0.25) is 0 Å². The first-order valence-electron chi connectivity index (χ1n) is 5.24. The molecule has 0 fully saturated rings. The van der Waals surface area contributed by atoms with Crippen LogP contribution in [-0.4, -0.2) is 11.1 Å². The number of hydrogen-bond donors (Lipinski definition) is 2. The maximum atomic E-state index is 10.6. The summed E-state index contributed by atoms with van der Waals surface area (Å²) in [6.45, 7) is 0.388. The first kappa shape index (κ1) is 11.7. The van der Waals surface area contributed by atoms with Gasteiger partial charge in [0.05, 0.1) is 23.7 Å². The van der Waals surface area contributed by atoms with Gasteiger partial charge in [-0.3, -0.25) is 0 Å². The Morgan fingerprint density at radius 1 is 1.39 bits per heavy atom. The Balaban J connectivity index is 1.98. The second-order valence-corrected chi connectivity index (χ2v) is 3.65. The van der Waals surface area contributed by atoms with E-state index in [0.717, 1.165) is 5.69 Å². The summed E-state index contributed by atoms with van der Waals surface area (Å²) in [5.41, 5.74) is 1.56. The molecule has 2 N–H and O–H groups in total. The number of nitriles is 1. The fourth-order valence-corrected chi connectivity index (χ4v) is 1.44. The van der Waals surface area contributed by atoms with E-state index in [2.05, 4.69) is 5.32 Å². The maximum Gasteiger partial charge on any atom is 0.338 e. The Kier molecular flexibility index (Phi) is 3.30. The largest absolute Gasteiger partial charge is 0.478 e. The van der Waals surface area contributed by atoms with Gasteiger partial charge >= 0.3 is 5.97 Å². The van der Waals surface area contributed by atoms with Crippen molar-refractivity contribution in [3.05, 3.63) is 53.5 Å². The maximum absolute atomic E-state index is 10.6. The number of aromatic carboxylic acids is 1. The highest BCUT2D eigenvalue weighted by atomic mass is 16.4. The van der Waals surface area contributed by atoms with E-state index in [9.17, 15) is 4.79 Å². The number of rotatable bonds is 4. The molecule has 0 saturated heterocycles. The average molecular weight is 242 g/mol. The van der Waals surface area contributed by atoms with E-state index in [1.165, 1.54) is 12.3 Å². The number of anilines is 1. The topological polar surface area (TPSA) is 86.3 Å². The fraction of sp³-hybridized carbons (Fsp3) is 0.0769. The number of carboxylic acids is 1. The highest BCUT2D eigenvalue weighted by Gasteiger charge is 2.07. The molecule has 0 radical (unpaired) electrons. The minimum atomic E-state index is -1.01. The molecule has 1 aromatic heterocycles. The average Bonchev–Trinajstić information content (AvgIpc) is 2.86. The zero-order valence-electron chi connectivity index (χ0n) is 9.38. The van der Waals surface area contributed by atoms with Crippen molar-refractivity contribution in [1.82, 2.24) is 0 Å². The van der Waals surface area contributed by atoms with Crippen molar-refractivity contribution < 1.29 is 14.3 Å². The second kappa shape index (κ2) is 5.06. The van der Waals surface area contributed by atoms with Gasteiger partial charge in [0.2, 0.25) is 0 Å². The number of carbonyl (C=O) groups is 1. The highest BCUT2D eigenvalue weighted by Crippen LogP contribution is 2.12. The molecule has 90 valence electrons. The summed E-state index contributed by atoms with van der Waals surface area (Å²) in [7, 11) is 0. The Bertz CT molecular complexity index is 593. The Morgan fingerprint density at radius 3 is 2.67 bits per heavy atom. The van der Waals surface area contributed by atoms with Crippen LogP contribution in [0.4, 0.5) is 5.69 Å². The van der Waals surface area contributed by atoms with Crippen LogP contribution < -0.4 is 5.32 Å². The molecule has 1 aromatic carbocycles. The molecule has 2 rings (SSSR count). The summed E-state index contributed by atoms with van der Waals surface area (Å²) in [4.78, 5) is 10.6. The van der Waals surface area contributed by atoms with Crippen LogP contribution in [0.1, 0.15) is 21.7 Å². The third-order valence-corrected chi connectivity index (χ3v) is 2.38. The van der Waals surface area contributed by atoms with Crippen LogP contribution in [0.25, 0.3) is 0 Å². The molecule has 0 atom stereocenters. The van der Waals surface area contributed by atoms with Gasteiger partial charge in [0.15, 0.2) is 0 Å². The third kappa shape index (κ3) is 2.68. The lowest BCUT2D eigenvalue weighted by Gasteiger charge is -2.03. The van der Waals surface area contributed by atoms with E-state index in [1.54, 1.807) is 24.3 Å². The summed E-state index contributed by atoms with van der Waals surface area (Å²) in [6.07, 6.45) is 1.21. The van der Waals surface area contributed by atoms with Crippen LogP contribution in [0.3, 0.4) is 0 Å². The Morgan fingerprint density at radius 2 is 2.11 bits per heavy atom. The molecule has 1 heterocycles. The van der Waals surface area contributed by atoms with Crippen molar-refractivity contribution in [1.29, 1.82) is 5.26 Å². The van der Waals surface area contributed by atoms with Gasteiger partial charge in [-0.15, -0.1) is 0 Å². The van der Waals surface area contributed by atoms with Crippen LogP contribution in [0.15, 0.2) is 41.0 Å². The molecule has 5 nitrogen and oxygen atoms in total. The van der Waals surface area contributed by atoms with Crippen LogP contribution in [0.5, 0.6) is 0 Å². The predicted octanol–water partition coefficient (Wildman–Crippen LogP) is 2.46. The molecule has 5 heteroatoms. The second-order valence-electron chi connectivity index (χ2n) is 3.65. The molecule has 0 aliphatic carbocycles. The first-order valence-corrected chi connectivity index (χ1v) is 5.24. The van der Waals surface area contributed by atoms with E-state index in [1.807, 2.05) is 6.07 Å². The standard InChI is InChI=1S/C13H10N2O3/c14-6-9-1-3-11(4-2-9)15-7-12-5-10(8-18-12)13(16)17/h1-5,8,15H,7H2,(H,16,17). The van der Waals surface area contributed by atoms with E-state index in [-0.39, 0.29) is 5.56 Å². The summed E-state index contributed by atoms with van der Waals surface area (Å²) in [6, 6.07) is 10.5. The molecule has 0 amide bonds. The number of furan rings is 1. The fourth-order valence-electron chi connectivity index (χ4n) is 1.44. The SMILES string of the molecule is N#Cc1ccc(NCc2cc(C(=O)O)co2)cc1. The molecule has 0 bridgehead atoms. The summed E-state index contributed by atoms with van der Waals surface area (Å²) in [5.74, 6) is -0.472. The highest BCUT2D eigenvalue weighted by molar-refractivity contribution is 5.87. The van der Waals surface area contributed by atoms with Gasteiger partial charge in [0.25, 0.3) is 0 Å². The molecule has 0 aliphatic rings. The normalized spacial score (nSPS) is 9.72. The van der Waals surface area contributed by atoms with Crippen LogP contribution in [-0.2, 0) is 6.54 Å². The number of hydrogen-bond acceptors (Lipinski definition) is 4. The smallest absolute Gasteiger partial charge is 0.338 e. The monoisotopic (exact) mass is 242 g/mol. The Labute approximate surface area is 103 Å². The first-order chi connectivity index (χ1) is 8.69. The van der Waals surface area contributed by atoms with Crippen molar-refractivity contribution in [2.45, 2.75) is 6.54 Å². The summed E-state index contributed by atoms with van der Waals surface area (Å²) < 4.78 is 5.10. The lowest BCUT2D eigenvalue weighted by atomic mass is 10.2. The van der Waals surface area contributed by atoms with Crippen LogP contribution in [0, 0.1) is 11.3 Å². The lowest BCUT2D eigenvalue weighted by Crippen LogP contribution is -1.98. The third-order valence-electron chi connectivity index (χ3n) is 2.38. The molecule has 0 unspecified atom stereocenters. The molecular weight excluding hydrogens is 232 g/mol. The number of carboxylic acid groups (broad SMARTS) is 1. The van der Waals surface area contributed by atoms with Gasteiger partial charge in [-0.2, -0.15) is 5.26 Å². The zero-order chi connectivity index (χ0) is 13.0. The summed E-state index contributed by atoms with van der Waals surface area (Å²) in [5, 5.41) is 20.4. The zero-order valence-corrected chi connectivity index (χ0v) is 9.38. The summed E-state index contributed by atoms with van der Waals surface area (Å²) >= 11 is 0. The molecule has 0 aliphatic heterocycles. The van der Waals surface area contributed by atoms with E-state index >= 15 is 0 Å². The Hall–Kier alpha value is -2.74. The van der Waals surface area contributed by atoms with E-state index in [4.69, 9.17) is 14.8 Å². The van der Waals surface area contributed by atoms with Crippen LogP contribution >= 0.6 is 0 Å². The van der Waals surface area contributed by atoms with Gasteiger partial charge < -0.3 is 14.8 Å². The minimum Gasteiger partial charge on any atom is -0.478 e. The quantitative estimate of drug-likeness (QED) is 0.860. The van der Waals surface area contributed by atoms with E-state index in [0.29, 0.717) is 17.9 Å². The van der Waals surface area contributed by atoms with Crippen molar-refractivity contribution in [3.8, 4) is 6.07 Å². The van der Waals surface area contributed by atoms with Gasteiger partial charge in [-0.1, -0.05) is 0 Å². The molecule has 0 spiro atoms. The van der Waals surface area contributed by atoms with Crippen molar-refractivity contribution in [2.75, 3.05) is 5.32 Å². The molecular formula is C13H10N2O3. The van der Waals surface area contributed by atoms with Gasteiger partial charge in [0.1, 0.15) is 12.0 Å².